The number of ether oxygens (including phenoxy) is 2. The molecule has 0 aliphatic heterocycles. The van der Waals surface area contributed by atoms with Crippen LogP contribution in [0.25, 0.3) is 0 Å². The first-order valence-electron chi connectivity index (χ1n) is 8.31. The van der Waals surface area contributed by atoms with Crippen molar-refractivity contribution >= 4 is 56.6 Å². The molecule has 6 nitrogen and oxygen atoms in total. The molecule has 2 aromatic rings. The third kappa shape index (κ3) is 6.38. The molecule has 0 saturated heterocycles. The minimum atomic E-state index is -0.770. The van der Waals surface area contributed by atoms with Gasteiger partial charge < -0.3 is 20.1 Å². The molecule has 0 fully saturated rings. The molecular weight excluding hydrogens is 471 g/mol. The normalized spacial score (nSPS) is 11.6. The van der Waals surface area contributed by atoms with E-state index in [1.165, 1.54) is 6.07 Å². The summed E-state index contributed by atoms with van der Waals surface area (Å²) in [6.45, 7) is 2.40. The molecule has 0 bridgehead atoms. The van der Waals surface area contributed by atoms with Gasteiger partial charge in [0.1, 0.15) is 5.75 Å². The third-order valence-electron chi connectivity index (χ3n) is 3.64. The van der Waals surface area contributed by atoms with Gasteiger partial charge in [-0.1, -0.05) is 23.2 Å². The van der Waals surface area contributed by atoms with Crippen LogP contribution in [-0.4, -0.2) is 38.2 Å². The van der Waals surface area contributed by atoms with E-state index < -0.39 is 6.10 Å². The SMILES string of the molecule is COCCNC(=O)c1ccc(NC(=O)C(C)Oc2ccc(Cl)cc2Br)cc1Cl. The minimum absolute atomic E-state index is 0.224. The highest BCUT2D eigenvalue weighted by molar-refractivity contribution is 9.10. The smallest absolute Gasteiger partial charge is 0.265 e. The lowest BCUT2D eigenvalue weighted by atomic mass is 10.2. The molecular formula is C19H19BrCl2N2O4. The fraction of sp³-hybridized carbons (Fsp3) is 0.263. The summed E-state index contributed by atoms with van der Waals surface area (Å²) < 4.78 is 11.2. The highest BCUT2D eigenvalue weighted by Crippen LogP contribution is 2.29. The molecule has 0 radical (unpaired) electrons. The van der Waals surface area contributed by atoms with Gasteiger partial charge in [0.15, 0.2) is 6.10 Å². The van der Waals surface area contributed by atoms with Gasteiger partial charge in [-0.25, -0.2) is 0 Å². The van der Waals surface area contributed by atoms with Crippen LogP contribution in [-0.2, 0) is 9.53 Å². The molecule has 0 aliphatic carbocycles. The Morgan fingerprint density at radius 2 is 1.93 bits per heavy atom. The molecule has 2 aromatic carbocycles. The van der Waals surface area contributed by atoms with E-state index in [1.54, 1.807) is 44.4 Å². The van der Waals surface area contributed by atoms with Crippen LogP contribution in [0.1, 0.15) is 17.3 Å². The number of nitrogens with one attached hydrogen (secondary N) is 2. The summed E-state index contributed by atoms with van der Waals surface area (Å²) in [5.74, 6) is -0.187. The van der Waals surface area contributed by atoms with Gasteiger partial charge in [0.25, 0.3) is 11.8 Å². The number of carbonyl (C=O) groups is 2. The molecule has 0 saturated carbocycles. The largest absolute Gasteiger partial charge is 0.480 e. The van der Waals surface area contributed by atoms with Gasteiger partial charge in [-0.15, -0.1) is 0 Å². The van der Waals surface area contributed by atoms with Crippen molar-refractivity contribution in [3.05, 3.63) is 56.5 Å². The summed E-state index contributed by atoms with van der Waals surface area (Å²) in [5.41, 5.74) is 0.763. The van der Waals surface area contributed by atoms with Crippen LogP contribution in [0, 0.1) is 0 Å². The molecule has 0 aliphatic rings. The molecule has 0 heterocycles. The fourth-order valence-corrected chi connectivity index (χ4v) is 3.24. The molecule has 28 heavy (non-hydrogen) atoms. The van der Waals surface area contributed by atoms with Crippen molar-refractivity contribution < 1.29 is 19.1 Å². The molecule has 2 rings (SSSR count). The Morgan fingerprint density at radius 3 is 2.57 bits per heavy atom. The predicted molar refractivity (Wildman–Crippen MR) is 114 cm³/mol. The Balaban J connectivity index is 1.99. The first-order chi connectivity index (χ1) is 13.3. The third-order valence-corrected chi connectivity index (χ3v) is 4.81. The second-order valence-electron chi connectivity index (χ2n) is 5.77. The fourth-order valence-electron chi connectivity index (χ4n) is 2.20. The van der Waals surface area contributed by atoms with Gasteiger partial charge in [-0.2, -0.15) is 0 Å². The summed E-state index contributed by atoms with van der Waals surface area (Å²) in [5, 5.41) is 6.17. The Bertz CT molecular complexity index is 864. The highest BCUT2D eigenvalue weighted by atomic mass is 79.9. The molecule has 150 valence electrons. The van der Waals surface area contributed by atoms with Crippen LogP contribution in [0.15, 0.2) is 40.9 Å². The van der Waals surface area contributed by atoms with Crippen molar-refractivity contribution in [2.75, 3.05) is 25.6 Å². The van der Waals surface area contributed by atoms with E-state index in [9.17, 15) is 9.59 Å². The molecule has 0 spiro atoms. The van der Waals surface area contributed by atoms with Crippen LogP contribution in [0.2, 0.25) is 10.0 Å². The topological polar surface area (TPSA) is 76.7 Å². The Labute approximate surface area is 181 Å². The quantitative estimate of drug-likeness (QED) is 0.534. The molecule has 2 amide bonds. The van der Waals surface area contributed by atoms with E-state index in [1.807, 2.05) is 0 Å². The number of methoxy groups -OCH3 is 1. The molecule has 1 unspecified atom stereocenters. The zero-order valence-electron chi connectivity index (χ0n) is 15.2. The molecule has 2 N–H and O–H groups in total. The van der Waals surface area contributed by atoms with Gasteiger partial charge in [0.2, 0.25) is 0 Å². The summed E-state index contributed by atoms with van der Waals surface area (Å²) in [7, 11) is 1.55. The van der Waals surface area contributed by atoms with Crippen molar-refractivity contribution in [3.63, 3.8) is 0 Å². The summed E-state index contributed by atoms with van der Waals surface area (Å²) in [6, 6.07) is 9.67. The first-order valence-corrected chi connectivity index (χ1v) is 9.86. The standard InChI is InChI=1S/C19H19BrCl2N2O4/c1-11(28-17-6-3-12(21)9-15(17)20)18(25)24-13-4-5-14(16(22)10-13)19(26)23-7-8-27-2/h3-6,9-11H,7-8H2,1-2H3,(H,23,26)(H,24,25). The van der Waals surface area contributed by atoms with E-state index >= 15 is 0 Å². The number of hydrogen-bond donors (Lipinski definition) is 2. The van der Waals surface area contributed by atoms with Crippen molar-refractivity contribution in [2.24, 2.45) is 0 Å². The average Bonchev–Trinajstić information content (AvgIpc) is 2.64. The second-order valence-corrected chi connectivity index (χ2v) is 7.47. The van der Waals surface area contributed by atoms with Gasteiger partial charge in [-0.3, -0.25) is 9.59 Å². The number of hydrogen-bond acceptors (Lipinski definition) is 4. The molecule has 9 heteroatoms. The monoisotopic (exact) mass is 488 g/mol. The minimum Gasteiger partial charge on any atom is -0.480 e. The average molecular weight is 490 g/mol. The van der Waals surface area contributed by atoms with E-state index in [4.69, 9.17) is 32.7 Å². The predicted octanol–water partition coefficient (Wildman–Crippen LogP) is 4.54. The summed E-state index contributed by atoms with van der Waals surface area (Å²) in [6.07, 6.45) is -0.770. The van der Waals surface area contributed by atoms with Crippen molar-refractivity contribution in [3.8, 4) is 5.75 Å². The van der Waals surface area contributed by atoms with Crippen molar-refractivity contribution in [1.29, 1.82) is 0 Å². The van der Waals surface area contributed by atoms with Crippen molar-refractivity contribution in [1.82, 2.24) is 5.32 Å². The van der Waals surface area contributed by atoms with Crippen LogP contribution >= 0.6 is 39.1 Å². The summed E-state index contributed by atoms with van der Waals surface area (Å²) in [4.78, 5) is 24.5. The number of halogens is 3. The zero-order valence-corrected chi connectivity index (χ0v) is 18.3. The lowest BCUT2D eigenvalue weighted by Gasteiger charge is -2.16. The molecule has 1 atom stereocenters. The molecule has 0 aromatic heterocycles. The van der Waals surface area contributed by atoms with Crippen molar-refractivity contribution in [2.45, 2.75) is 13.0 Å². The van der Waals surface area contributed by atoms with E-state index in [-0.39, 0.29) is 16.8 Å². The van der Waals surface area contributed by atoms with Crippen LogP contribution in [0.4, 0.5) is 5.69 Å². The number of benzene rings is 2. The summed E-state index contributed by atoms with van der Waals surface area (Å²) >= 11 is 15.4. The van der Waals surface area contributed by atoms with E-state index in [0.717, 1.165) is 0 Å². The van der Waals surface area contributed by atoms with E-state index in [2.05, 4.69) is 26.6 Å². The van der Waals surface area contributed by atoms with Gasteiger partial charge >= 0.3 is 0 Å². The lowest BCUT2D eigenvalue weighted by molar-refractivity contribution is -0.122. The maximum Gasteiger partial charge on any atom is 0.265 e. The zero-order chi connectivity index (χ0) is 20.7. The number of rotatable bonds is 8. The number of amides is 2. The maximum atomic E-state index is 12.4. The highest BCUT2D eigenvalue weighted by Gasteiger charge is 2.18. The maximum absolute atomic E-state index is 12.4. The second kappa shape index (κ2) is 10.7. The number of carbonyl (C=O) groups excluding carboxylic acids is 2. The Kier molecular flexibility index (Phi) is 8.57. The van der Waals surface area contributed by atoms with E-state index in [0.29, 0.717) is 39.6 Å². The Morgan fingerprint density at radius 1 is 1.18 bits per heavy atom. The van der Waals surface area contributed by atoms with Crippen LogP contribution in [0.3, 0.4) is 0 Å². The van der Waals surface area contributed by atoms with Gasteiger partial charge in [0, 0.05) is 24.4 Å². The number of anilines is 1. The van der Waals surface area contributed by atoms with Crippen LogP contribution in [0.5, 0.6) is 5.75 Å². The first kappa shape index (κ1) is 22.5. The van der Waals surface area contributed by atoms with Crippen LogP contribution < -0.4 is 15.4 Å². The lowest BCUT2D eigenvalue weighted by Crippen LogP contribution is -2.30. The van der Waals surface area contributed by atoms with Gasteiger partial charge in [-0.05, 0) is 59.3 Å². The van der Waals surface area contributed by atoms with Gasteiger partial charge in [0.05, 0.1) is 21.7 Å². The Hall–Kier alpha value is -1.80.